The molecule has 1 aliphatic heterocycles. The van der Waals surface area contributed by atoms with Gasteiger partial charge in [0.25, 0.3) is 5.91 Å². The van der Waals surface area contributed by atoms with Crippen molar-refractivity contribution in [2.75, 3.05) is 26.2 Å². The second-order valence-corrected chi connectivity index (χ2v) is 7.51. The van der Waals surface area contributed by atoms with Crippen LogP contribution in [0.1, 0.15) is 27.0 Å². The highest BCUT2D eigenvalue weighted by atomic mass is 16.4. The Bertz CT molecular complexity index is 840. The van der Waals surface area contributed by atoms with Crippen LogP contribution < -0.4 is 10.6 Å². The number of hydrogen-bond acceptors (Lipinski definition) is 6. The Morgan fingerprint density at radius 2 is 1.93 bits per heavy atom. The number of rotatable bonds is 7. The standard InChI is InChI=1S/C21H28BN3O4/c1-15-4-2-6-17(20(15)26)13-19(22(28)29)24-21(27)18-7-3-5-16(12-18)14-25-10-8-23-9-11-25/h2-7,12,19,23,26,28-29H,8-11,13-14H2,1H3,(H,24,27)/t19-/m0/s1. The van der Waals surface area contributed by atoms with Crippen molar-refractivity contribution < 1.29 is 19.9 Å². The smallest absolute Gasteiger partial charge is 0.475 e. The second-order valence-electron chi connectivity index (χ2n) is 7.51. The summed E-state index contributed by atoms with van der Waals surface area (Å²) in [6.45, 7) is 6.40. The van der Waals surface area contributed by atoms with E-state index in [0.717, 1.165) is 38.3 Å². The van der Waals surface area contributed by atoms with Crippen molar-refractivity contribution in [3.05, 3.63) is 64.7 Å². The normalized spacial score (nSPS) is 15.7. The molecule has 7 nitrogen and oxygen atoms in total. The van der Waals surface area contributed by atoms with Crippen LogP contribution in [-0.4, -0.2) is 65.2 Å². The van der Waals surface area contributed by atoms with Gasteiger partial charge in [0, 0.05) is 38.3 Å². The lowest BCUT2D eigenvalue weighted by Gasteiger charge is -2.27. The van der Waals surface area contributed by atoms with Gasteiger partial charge in [0.2, 0.25) is 0 Å². The predicted molar refractivity (Wildman–Crippen MR) is 113 cm³/mol. The first-order valence-electron chi connectivity index (χ1n) is 9.90. The maximum absolute atomic E-state index is 12.7. The van der Waals surface area contributed by atoms with E-state index in [0.29, 0.717) is 16.7 Å². The number of phenols is 1. The molecule has 1 aliphatic rings. The highest BCUT2D eigenvalue weighted by Gasteiger charge is 2.27. The van der Waals surface area contributed by atoms with Crippen molar-refractivity contribution in [2.45, 2.75) is 25.8 Å². The number of aromatic hydroxyl groups is 1. The molecule has 0 saturated carbocycles. The SMILES string of the molecule is Cc1cccc(C[C@H](NC(=O)c2cccc(CN3CCNCC3)c2)B(O)O)c1O. The Morgan fingerprint density at radius 3 is 2.66 bits per heavy atom. The van der Waals surface area contributed by atoms with Crippen LogP contribution in [-0.2, 0) is 13.0 Å². The molecule has 0 spiro atoms. The fourth-order valence-electron chi connectivity index (χ4n) is 3.54. The number of aryl methyl sites for hydroxylation is 1. The van der Waals surface area contributed by atoms with Gasteiger partial charge in [-0.05, 0) is 42.2 Å². The zero-order valence-corrected chi connectivity index (χ0v) is 16.6. The lowest BCUT2D eigenvalue weighted by atomic mass is 9.75. The summed E-state index contributed by atoms with van der Waals surface area (Å²) in [5.41, 5.74) is 2.75. The van der Waals surface area contributed by atoms with Crippen LogP contribution in [0.25, 0.3) is 0 Å². The zero-order valence-electron chi connectivity index (χ0n) is 16.6. The lowest BCUT2D eigenvalue weighted by molar-refractivity contribution is 0.0941. The molecule has 1 atom stereocenters. The van der Waals surface area contributed by atoms with E-state index in [1.807, 2.05) is 18.2 Å². The van der Waals surface area contributed by atoms with E-state index < -0.39 is 13.1 Å². The molecule has 0 bridgehead atoms. The number of amides is 1. The monoisotopic (exact) mass is 397 g/mol. The Hall–Kier alpha value is -2.39. The average molecular weight is 397 g/mol. The summed E-state index contributed by atoms with van der Waals surface area (Å²) in [5, 5.41) is 35.7. The fraction of sp³-hybridized carbons (Fsp3) is 0.381. The molecule has 1 heterocycles. The molecule has 0 aromatic heterocycles. The molecule has 5 N–H and O–H groups in total. The number of nitrogens with zero attached hydrogens (tertiary/aromatic N) is 1. The van der Waals surface area contributed by atoms with Gasteiger partial charge in [-0.25, -0.2) is 0 Å². The van der Waals surface area contributed by atoms with Gasteiger partial charge in [0.1, 0.15) is 5.75 Å². The number of hydrogen-bond donors (Lipinski definition) is 5. The molecule has 2 aromatic rings. The van der Waals surface area contributed by atoms with Gasteiger partial charge in [-0.3, -0.25) is 9.69 Å². The van der Waals surface area contributed by atoms with Crippen molar-refractivity contribution in [3.63, 3.8) is 0 Å². The molecule has 29 heavy (non-hydrogen) atoms. The summed E-state index contributed by atoms with van der Waals surface area (Å²) in [6.07, 6.45) is 0.109. The number of phenolic OH excluding ortho intramolecular Hbond substituents is 1. The molecule has 2 aromatic carbocycles. The van der Waals surface area contributed by atoms with E-state index >= 15 is 0 Å². The molecule has 8 heteroatoms. The van der Waals surface area contributed by atoms with Gasteiger partial charge in [-0.15, -0.1) is 0 Å². The Labute approximate surface area is 171 Å². The minimum atomic E-state index is -1.75. The largest absolute Gasteiger partial charge is 0.507 e. The van der Waals surface area contributed by atoms with Gasteiger partial charge >= 0.3 is 7.12 Å². The minimum absolute atomic E-state index is 0.102. The van der Waals surface area contributed by atoms with E-state index in [1.165, 1.54) is 0 Å². The highest BCUT2D eigenvalue weighted by molar-refractivity contribution is 6.43. The van der Waals surface area contributed by atoms with E-state index in [4.69, 9.17) is 0 Å². The fourth-order valence-corrected chi connectivity index (χ4v) is 3.54. The molecular formula is C21H28BN3O4. The maximum atomic E-state index is 12.7. The summed E-state index contributed by atoms with van der Waals surface area (Å²) in [6, 6.07) is 12.6. The van der Waals surface area contributed by atoms with Gasteiger partial charge < -0.3 is 25.8 Å². The first-order valence-corrected chi connectivity index (χ1v) is 9.90. The molecule has 0 radical (unpaired) electrons. The summed E-state index contributed by atoms with van der Waals surface area (Å²) < 4.78 is 0. The zero-order chi connectivity index (χ0) is 20.8. The van der Waals surface area contributed by atoms with E-state index in [1.54, 1.807) is 31.2 Å². The van der Waals surface area contributed by atoms with Crippen molar-refractivity contribution in [1.82, 2.24) is 15.5 Å². The third kappa shape index (κ3) is 5.80. The van der Waals surface area contributed by atoms with Crippen molar-refractivity contribution in [3.8, 4) is 5.75 Å². The number of nitrogens with one attached hydrogen (secondary N) is 2. The lowest BCUT2D eigenvalue weighted by Crippen LogP contribution is -2.48. The van der Waals surface area contributed by atoms with E-state index in [2.05, 4.69) is 15.5 Å². The maximum Gasteiger partial charge on any atom is 0.475 e. The van der Waals surface area contributed by atoms with Gasteiger partial charge in [0.05, 0.1) is 5.94 Å². The first-order chi connectivity index (χ1) is 13.9. The van der Waals surface area contributed by atoms with Crippen LogP contribution in [0.3, 0.4) is 0 Å². The van der Waals surface area contributed by atoms with Crippen LogP contribution >= 0.6 is 0 Å². The predicted octanol–water partition coefficient (Wildman–Crippen LogP) is 0.459. The van der Waals surface area contributed by atoms with Crippen molar-refractivity contribution in [2.24, 2.45) is 0 Å². The second kappa shape index (κ2) is 9.89. The van der Waals surface area contributed by atoms with Crippen LogP contribution in [0.5, 0.6) is 5.75 Å². The average Bonchev–Trinajstić information content (AvgIpc) is 2.71. The van der Waals surface area contributed by atoms with Crippen molar-refractivity contribution >= 4 is 13.0 Å². The third-order valence-electron chi connectivity index (χ3n) is 5.24. The summed E-state index contributed by atoms with van der Waals surface area (Å²) >= 11 is 0. The van der Waals surface area contributed by atoms with Crippen LogP contribution in [0, 0.1) is 6.92 Å². The Morgan fingerprint density at radius 1 is 1.21 bits per heavy atom. The summed E-state index contributed by atoms with van der Waals surface area (Å²) in [5.74, 6) is -1.21. The number of carbonyl (C=O) groups is 1. The molecule has 0 unspecified atom stereocenters. The molecule has 1 saturated heterocycles. The van der Waals surface area contributed by atoms with Crippen LogP contribution in [0.2, 0.25) is 0 Å². The minimum Gasteiger partial charge on any atom is -0.507 e. The van der Waals surface area contributed by atoms with E-state index in [9.17, 15) is 19.9 Å². The van der Waals surface area contributed by atoms with Crippen LogP contribution in [0.15, 0.2) is 42.5 Å². The Kier molecular flexibility index (Phi) is 7.27. The number of carbonyl (C=O) groups excluding carboxylic acids is 1. The van der Waals surface area contributed by atoms with E-state index in [-0.39, 0.29) is 18.1 Å². The quantitative estimate of drug-likeness (QED) is 0.435. The van der Waals surface area contributed by atoms with Gasteiger partial charge in [-0.2, -0.15) is 0 Å². The number of benzene rings is 2. The Balaban J connectivity index is 1.68. The van der Waals surface area contributed by atoms with Gasteiger partial charge in [0.15, 0.2) is 0 Å². The molecule has 3 rings (SSSR count). The van der Waals surface area contributed by atoms with Crippen LogP contribution in [0.4, 0.5) is 0 Å². The van der Waals surface area contributed by atoms with Crippen molar-refractivity contribution in [1.29, 1.82) is 0 Å². The molecule has 1 fully saturated rings. The molecule has 0 aliphatic carbocycles. The molecule has 154 valence electrons. The topological polar surface area (TPSA) is 105 Å². The third-order valence-corrected chi connectivity index (χ3v) is 5.24. The summed E-state index contributed by atoms with van der Waals surface area (Å²) in [7, 11) is -1.75. The summed E-state index contributed by atoms with van der Waals surface area (Å²) in [4.78, 5) is 15.1. The highest BCUT2D eigenvalue weighted by Crippen LogP contribution is 2.23. The molecular weight excluding hydrogens is 369 g/mol. The first kappa shape index (κ1) is 21.3. The number of para-hydroxylation sites is 1. The number of piperazine rings is 1. The molecule has 1 amide bonds. The van der Waals surface area contributed by atoms with Gasteiger partial charge in [-0.1, -0.05) is 30.3 Å².